The Balaban J connectivity index is 1.44. The van der Waals surface area contributed by atoms with Gasteiger partial charge >= 0.3 is 11.9 Å². The second-order valence-electron chi connectivity index (χ2n) is 9.75. The summed E-state index contributed by atoms with van der Waals surface area (Å²) < 4.78 is 27.1. The summed E-state index contributed by atoms with van der Waals surface area (Å²) in [5, 5.41) is 72.3. The number of carbonyl (C=O) groups excluding carboxylic acids is 2. The van der Waals surface area contributed by atoms with Crippen LogP contribution in [0.2, 0.25) is 0 Å². The Morgan fingerprint density at radius 3 is 2.49 bits per heavy atom. The van der Waals surface area contributed by atoms with Gasteiger partial charge in [0.05, 0.1) is 25.0 Å². The zero-order valence-corrected chi connectivity index (χ0v) is 21.3. The highest BCUT2D eigenvalue weighted by atomic mass is 16.8. The highest BCUT2D eigenvalue weighted by molar-refractivity contribution is 6.00. The molecule has 2 aromatic rings. The average Bonchev–Trinajstić information content (AvgIpc) is 2.93. The van der Waals surface area contributed by atoms with Gasteiger partial charge in [-0.05, 0) is 30.2 Å². The molecular formula is C27H28O14. The summed E-state index contributed by atoms with van der Waals surface area (Å²) in [6, 6.07) is 7.64. The lowest BCUT2D eigenvalue weighted by molar-refractivity contribution is -0.345. The number of rotatable bonds is 6. The van der Waals surface area contributed by atoms with E-state index in [4.69, 9.17) is 23.7 Å². The molecule has 2 aromatic carbocycles. The lowest BCUT2D eigenvalue weighted by atomic mass is 9.87. The second kappa shape index (κ2) is 11.5. The lowest BCUT2D eigenvalue weighted by Crippen LogP contribution is -2.62. The lowest BCUT2D eigenvalue weighted by Gasteiger charge is -2.44. The zero-order chi connectivity index (χ0) is 29.4. The van der Waals surface area contributed by atoms with Gasteiger partial charge in [0.15, 0.2) is 6.10 Å². The Bertz CT molecular complexity index is 1340. The Morgan fingerprint density at radius 2 is 1.76 bits per heavy atom. The molecule has 0 unspecified atom stereocenters. The van der Waals surface area contributed by atoms with E-state index >= 15 is 0 Å². The van der Waals surface area contributed by atoms with Gasteiger partial charge in [0, 0.05) is 17.5 Å². The molecule has 0 bridgehead atoms. The molecule has 2 saturated heterocycles. The normalized spacial score (nSPS) is 31.3. The fourth-order valence-corrected chi connectivity index (χ4v) is 5.02. The molecule has 5 rings (SSSR count). The van der Waals surface area contributed by atoms with Crippen LogP contribution < -0.4 is 0 Å². The van der Waals surface area contributed by atoms with Crippen LogP contribution in [-0.2, 0) is 28.5 Å². The van der Waals surface area contributed by atoms with Crippen molar-refractivity contribution in [1.82, 2.24) is 0 Å². The summed E-state index contributed by atoms with van der Waals surface area (Å²) in [5.41, 5.74) is -0.166. The molecule has 0 amide bonds. The van der Waals surface area contributed by atoms with E-state index in [1.807, 2.05) is 0 Å². The molecule has 8 atom stereocenters. The molecular weight excluding hydrogens is 548 g/mol. The maximum absolute atomic E-state index is 13.4. The number of cyclic esters (lactones) is 1. The molecule has 41 heavy (non-hydrogen) atoms. The number of aromatic hydroxyl groups is 3. The zero-order valence-electron chi connectivity index (χ0n) is 21.3. The smallest absolute Gasteiger partial charge is 0.343 e. The van der Waals surface area contributed by atoms with E-state index in [0.29, 0.717) is 0 Å². The van der Waals surface area contributed by atoms with Gasteiger partial charge in [-0.25, -0.2) is 9.59 Å². The number of hydrogen-bond donors (Lipinski definition) is 7. The molecule has 3 aliphatic heterocycles. The number of benzene rings is 2. The van der Waals surface area contributed by atoms with Crippen LogP contribution in [-0.4, -0.2) is 104 Å². The molecule has 0 aromatic heterocycles. The van der Waals surface area contributed by atoms with Gasteiger partial charge in [-0.15, -0.1) is 0 Å². The standard InChI is InChI=1S/C27H28O14/c28-9-18-21(33)22(34)23(27(39-18)41-26-20(32)14-4-5-37-24(35)16(14)10-38-26)40-25(36)19-15(7-13(30)8-17(19)31)11-2-1-3-12(29)6-11/h1-3,6-8,10,14,18,20-23,26-34H,4-5,9H2/t14-,18-,20+,21-,22+,23-,26-,27+/m1/s1. The first-order chi connectivity index (χ1) is 19.6. The number of aliphatic hydroxyl groups is 4. The van der Waals surface area contributed by atoms with Gasteiger partial charge in [-0.2, -0.15) is 0 Å². The predicted octanol–water partition coefficient (Wildman–Crippen LogP) is -0.384. The van der Waals surface area contributed by atoms with Crippen LogP contribution in [0.15, 0.2) is 48.2 Å². The Kier molecular flexibility index (Phi) is 8.04. The highest BCUT2D eigenvalue weighted by Gasteiger charge is 2.50. The fraction of sp³-hybridized carbons (Fsp3) is 0.407. The minimum absolute atomic E-state index is 0.0336. The first-order valence-electron chi connectivity index (χ1n) is 12.6. The monoisotopic (exact) mass is 576 g/mol. The van der Waals surface area contributed by atoms with Crippen molar-refractivity contribution in [2.75, 3.05) is 13.2 Å². The van der Waals surface area contributed by atoms with E-state index in [1.54, 1.807) is 0 Å². The number of phenolic OH excluding ortho intramolecular Hbond substituents is 3. The number of aliphatic hydroxyl groups excluding tert-OH is 4. The topological polar surface area (TPSA) is 222 Å². The summed E-state index contributed by atoms with van der Waals surface area (Å²) in [5.74, 6) is -3.86. The molecule has 7 N–H and O–H groups in total. The van der Waals surface area contributed by atoms with Crippen LogP contribution in [0, 0.1) is 5.92 Å². The molecule has 14 heteroatoms. The van der Waals surface area contributed by atoms with Gasteiger partial charge in [-0.1, -0.05) is 12.1 Å². The van der Waals surface area contributed by atoms with Crippen LogP contribution in [0.1, 0.15) is 16.8 Å². The first kappa shape index (κ1) is 28.6. The SMILES string of the molecule is O=C1OCC[C@@H]2C1=CO[C@H](O[C@@H]1O[C@H](CO)[C@@H](O)[C@H](O)[C@H]1OC(=O)c1c(O)cc(O)cc1-c1cccc(O)c1)[C@H]2O. The minimum atomic E-state index is -1.88. The van der Waals surface area contributed by atoms with Crippen LogP contribution in [0.3, 0.4) is 0 Å². The van der Waals surface area contributed by atoms with Gasteiger partial charge in [-0.3, -0.25) is 0 Å². The number of fused-ring (bicyclic) bond motifs is 1. The van der Waals surface area contributed by atoms with Crippen molar-refractivity contribution in [3.05, 3.63) is 53.8 Å². The quantitative estimate of drug-likeness (QED) is 0.218. The van der Waals surface area contributed by atoms with Crippen molar-refractivity contribution in [2.24, 2.45) is 5.92 Å². The van der Waals surface area contributed by atoms with E-state index in [9.17, 15) is 45.3 Å². The van der Waals surface area contributed by atoms with Crippen LogP contribution in [0.5, 0.6) is 17.2 Å². The molecule has 220 valence electrons. The Hall–Kier alpha value is -3.92. The molecule has 0 saturated carbocycles. The summed E-state index contributed by atoms with van der Waals surface area (Å²) >= 11 is 0. The van der Waals surface area contributed by atoms with E-state index in [0.717, 1.165) is 18.4 Å². The molecule has 0 aliphatic carbocycles. The average molecular weight is 577 g/mol. The van der Waals surface area contributed by atoms with E-state index in [-0.39, 0.29) is 35.5 Å². The van der Waals surface area contributed by atoms with E-state index < -0.39 is 84.6 Å². The molecule has 2 fully saturated rings. The number of carbonyl (C=O) groups is 2. The summed E-state index contributed by atoms with van der Waals surface area (Å²) in [6.45, 7) is -0.703. The second-order valence-corrected chi connectivity index (χ2v) is 9.75. The fourth-order valence-electron chi connectivity index (χ4n) is 5.02. The van der Waals surface area contributed by atoms with Gasteiger partial charge < -0.3 is 59.4 Å². The third kappa shape index (κ3) is 5.53. The van der Waals surface area contributed by atoms with E-state index in [1.165, 1.54) is 24.3 Å². The maximum Gasteiger partial charge on any atom is 0.343 e. The third-order valence-electron chi connectivity index (χ3n) is 7.12. The van der Waals surface area contributed by atoms with Gasteiger partial charge in [0.1, 0.15) is 47.2 Å². The maximum atomic E-state index is 13.4. The molecule has 14 nitrogen and oxygen atoms in total. The molecule has 3 aliphatic rings. The van der Waals surface area contributed by atoms with Crippen LogP contribution in [0.4, 0.5) is 0 Å². The molecule has 0 radical (unpaired) electrons. The first-order valence-corrected chi connectivity index (χ1v) is 12.6. The van der Waals surface area contributed by atoms with E-state index in [2.05, 4.69) is 0 Å². The van der Waals surface area contributed by atoms with Crippen molar-refractivity contribution in [3.8, 4) is 28.4 Å². The molecule has 0 spiro atoms. The highest BCUT2D eigenvalue weighted by Crippen LogP contribution is 2.38. The van der Waals surface area contributed by atoms with Crippen molar-refractivity contribution in [1.29, 1.82) is 0 Å². The number of esters is 2. The predicted molar refractivity (Wildman–Crippen MR) is 133 cm³/mol. The third-order valence-corrected chi connectivity index (χ3v) is 7.12. The number of phenols is 3. The van der Waals surface area contributed by atoms with Gasteiger partial charge in [0.25, 0.3) is 0 Å². The largest absolute Gasteiger partial charge is 0.508 e. The molecule has 3 heterocycles. The van der Waals surface area contributed by atoms with Crippen molar-refractivity contribution >= 4 is 11.9 Å². The summed E-state index contributed by atoms with van der Waals surface area (Å²) in [7, 11) is 0. The number of hydrogen-bond acceptors (Lipinski definition) is 14. The van der Waals surface area contributed by atoms with Crippen molar-refractivity contribution in [2.45, 2.75) is 49.5 Å². The summed E-state index contributed by atoms with van der Waals surface area (Å²) in [4.78, 5) is 25.4. The van der Waals surface area contributed by atoms with Gasteiger partial charge in [0.2, 0.25) is 12.6 Å². The van der Waals surface area contributed by atoms with Crippen LogP contribution >= 0.6 is 0 Å². The van der Waals surface area contributed by atoms with Crippen LogP contribution in [0.25, 0.3) is 11.1 Å². The summed E-state index contributed by atoms with van der Waals surface area (Å²) in [6.07, 6.45) is -10.1. The Labute approximate surface area is 232 Å². The van der Waals surface area contributed by atoms with Crippen molar-refractivity contribution < 1.29 is 69.0 Å². The van der Waals surface area contributed by atoms with Crippen molar-refractivity contribution in [3.63, 3.8) is 0 Å². The Morgan fingerprint density at radius 1 is 0.976 bits per heavy atom. The number of ether oxygens (including phenoxy) is 5. The minimum Gasteiger partial charge on any atom is -0.508 e.